The molecule has 0 saturated heterocycles. The Kier molecular flexibility index (Phi) is 5.63. The summed E-state index contributed by atoms with van der Waals surface area (Å²) in [5.41, 5.74) is 0.717. The molecular weight excluding hydrogens is 318 g/mol. The van der Waals surface area contributed by atoms with Gasteiger partial charge in [-0.1, -0.05) is 24.7 Å². The van der Waals surface area contributed by atoms with Crippen LogP contribution in [0, 0.1) is 11.3 Å². The molecule has 0 aliphatic heterocycles. The molecule has 0 unspecified atom stereocenters. The summed E-state index contributed by atoms with van der Waals surface area (Å²) >= 11 is 5.93. The molecule has 0 amide bonds. The summed E-state index contributed by atoms with van der Waals surface area (Å²) in [6.07, 6.45) is 3.09. The maximum atomic E-state index is 11.8. The van der Waals surface area contributed by atoms with E-state index < -0.39 is 8.07 Å². The van der Waals surface area contributed by atoms with Crippen LogP contribution in [-0.4, -0.2) is 24.1 Å². The van der Waals surface area contributed by atoms with Gasteiger partial charge < -0.3 is 16.6 Å². The Labute approximate surface area is 136 Å². The number of benzene rings is 1. The van der Waals surface area contributed by atoms with Crippen molar-refractivity contribution in [3.63, 3.8) is 0 Å². The summed E-state index contributed by atoms with van der Waals surface area (Å²) in [5, 5.41) is 21.9. The molecule has 5 N–H and O–H groups in total. The van der Waals surface area contributed by atoms with Gasteiger partial charge in [0.05, 0.1) is 5.02 Å². The number of rotatable bonds is 5. The third-order valence-corrected chi connectivity index (χ3v) is 7.37. The van der Waals surface area contributed by atoms with Gasteiger partial charge in [0.2, 0.25) is 5.41 Å². The van der Waals surface area contributed by atoms with Crippen molar-refractivity contribution in [3.8, 4) is 11.8 Å². The Morgan fingerprint density at radius 3 is 2.59 bits per heavy atom. The Morgan fingerprint density at radius 2 is 2.14 bits per heavy atom. The van der Waals surface area contributed by atoms with Gasteiger partial charge in [-0.05, 0) is 43.5 Å². The minimum Gasteiger partial charge on any atom is -0.506 e. The Hall–Kier alpha value is -1.55. The van der Waals surface area contributed by atoms with Crippen molar-refractivity contribution in [3.05, 3.63) is 23.2 Å². The smallest absolute Gasteiger partial charge is 0.206 e. The Morgan fingerprint density at radius 1 is 1.50 bits per heavy atom. The van der Waals surface area contributed by atoms with E-state index in [0.29, 0.717) is 5.02 Å². The molecule has 0 heterocycles. The van der Waals surface area contributed by atoms with Crippen LogP contribution in [0.1, 0.15) is 19.3 Å². The normalized spacial score (nSPS) is 15.9. The van der Waals surface area contributed by atoms with Gasteiger partial charge in [-0.25, -0.2) is 0 Å². The second-order valence-electron chi connectivity index (χ2n) is 6.43. The molecule has 0 radical (unpaired) electrons. The van der Waals surface area contributed by atoms with Crippen molar-refractivity contribution in [1.29, 1.82) is 5.26 Å². The number of nitriles is 1. The van der Waals surface area contributed by atoms with E-state index in [0.717, 1.165) is 31.0 Å². The van der Waals surface area contributed by atoms with Gasteiger partial charge in [0.15, 0.2) is 0 Å². The molecular formula is C15H22ClN3O2Si. The number of carbonyl (C=O) groups is 1. The van der Waals surface area contributed by atoms with E-state index in [1.165, 1.54) is 0 Å². The highest BCUT2D eigenvalue weighted by Gasteiger charge is 2.45. The summed E-state index contributed by atoms with van der Waals surface area (Å²) in [7, 11) is -2.24. The second kappa shape index (κ2) is 6.69. The third kappa shape index (κ3) is 3.80. The lowest BCUT2D eigenvalue weighted by molar-refractivity contribution is -0.108. The number of anilines is 1. The number of hydrogen-bond donors (Lipinski definition) is 3. The number of halogens is 1. The Bertz CT molecular complexity index is 609. The number of aromatic hydroxyl groups is 1. The molecule has 1 fully saturated rings. The summed E-state index contributed by atoms with van der Waals surface area (Å²) in [6.45, 7) is 3.90. The molecule has 1 aromatic rings. The molecule has 7 heteroatoms. The van der Waals surface area contributed by atoms with Crippen LogP contribution in [0.15, 0.2) is 18.2 Å². The number of phenols is 1. The van der Waals surface area contributed by atoms with Crippen molar-refractivity contribution >= 4 is 30.8 Å². The second-order valence-corrected chi connectivity index (χ2v) is 11.4. The summed E-state index contributed by atoms with van der Waals surface area (Å²) in [4.78, 5) is 11.8. The zero-order valence-corrected chi connectivity index (χ0v) is 14.7. The lowest BCUT2D eigenvalue weighted by Crippen LogP contribution is -2.53. The summed E-state index contributed by atoms with van der Waals surface area (Å²) < 4.78 is 0. The predicted octanol–water partition coefficient (Wildman–Crippen LogP) is 3.88. The SMILES string of the molecule is C[Si](C)(CC1(Nc2ccc(O)c(Cl)c2)CCC1)C(=O)C#N.N. The summed E-state index contributed by atoms with van der Waals surface area (Å²) in [5.74, 6) is 0.0549. The average Bonchev–Trinajstić information content (AvgIpc) is 2.39. The van der Waals surface area contributed by atoms with Gasteiger partial charge in [-0.3, -0.25) is 4.79 Å². The quantitative estimate of drug-likeness (QED) is 0.428. The van der Waals surface area contributed by atoms with Gasteiger partial charge in [-0.15, -0.1) is 0 Å². The molecule has 1 aliphatic rings. The van der Waals surface area contributed by atoms with E-state index in [4.69, 9.17) is 16.9 Å². The molecule has 120 valence electrons. The van der Waals surface area contributed by atoms with Crippen LogP contribution < -0.4 is 11.5 Å². The van der Waals surface area contributed by atoms with Crippen LogP contribution in [-0.2, 0) is 4.79 Å². The van der Waals surface area contributed by atoms with Gasteiger partial charge in [0.1, 0.15) is 19.9 Å². The van der Waals surface area contributed by atoms with Crippen molar-refractivity contribution in [2.45, 2.75) is 43.9 Å². The molecule has 22 heavy (non-hydrogen) atoms. The lowest BCUT2D eigenvalue weighted by Gasteiger charge is -2.46. The first-order valence-electron chi connectivity index (χ1n) is 6.99. The predicted molar refractivity (Wildman–Crippen MR) is 91.3 cm³/mol. The van der Waals surface area contributed by atoms with Crippen molar-refractivity contribution in [2.24, 2.45) is 0 Å². The van der Waals surface area contributed by atoms with Crippen LogP contribution in [0.2, 0.25) is 24.2 Å². The van der Waals surface area contributed by atoms with Crippen molar-refractivity contribution in [2.75, 3.05) is 5.32 Å². The highest BCUT2D eigenvalue weighted by molar-refractivity contribution is 7.06. The lowest BCUT2D eigenvalue weighted by atomic mass is 9.78. The molecule has 1 aliphatic carbocycles. The first-order chi connectivity index (χ1) is 9.78. The Balaban J connectivity index is 0.00000242. The van der Waals surface area contributed by atoms with Crippen LogP contribution in [0.4, 0.5) is 5.69 Å². The van der Waals surface area contributed by atoms with E-state index in [1.807, 2.05) is 13.1 Å². The number of carbonyl (C=O) groups excluding carboxylic acids is 1. The maximum Gasteiger partial charge on any atom is 0.206 e. The minimum absolute atomic E-state index is 0. The molecule has 0 aromatic heterocycles. The monoisotopic (exact) mass is 339 g/mol. The fourth-order valence-corrected chi connectivity index (χ4v) is 5.70. The van der Waals surface area contributed by atoms with Gasteiger partial charge >= 0.3 is 0 Å². The highest BCUT2D eigenvalue weighted by atomic mass is 35.5. The van der Waals surface area contributed by atoms with E-state index in [1.54, 1.807) is 24.3 Å². The molecule has 2 rings (SSSR count). The van der Waals surface area contributed by atoms with Crippen LogP contribution in [0.5, 0.6) is 5.75 Å². The van der Waals surface area contributed by atoms with Crippen LogP contribution in [0.3, 0.4) is 0 Å². The number of hydrogen-bond acceptors (Lipinski definition) is 5. The van der Waals surface area contributed by atoms with Crippen molar-refractivity contribution < 1.29 is 9.90 Å². The maximum absolute atomic E-state index is 11.8. The molecule has 1 saturated carbocycles. The number of nitrogens with zero attached hydrogens (tertiary/aromatic N) is 1. The van der Waals surface area contributed by atoms with E-state index >= 15 is 0 Å². The largest absolute Gasteiger partial charge is 0.506 e. The van der Waals surface area contributed by atoms with Gasteiger partial charge in [0.25, 0.3) is 0 Å². The zero-order chi connectivity index (χ0) is 15.7. The number of phenolic OH excluding ortho intramolecular Hbond substituents is 1. The number of nitrogens with one attached hydrogen (secondary N) is 1. The van der Waals surface area contributed by atoms with Crippen LogP contribution >= 0.6 is 11.6 Å². The minimum atomic E-state index is -2.24. The van der Waals surface area contributed by atoms with E-state index in [-0.39, 0.29) is 22.8 Å². The van der Waals surface area contributed by atoms with Crippen LogP contribution in [0.25, 0.3) is 0 Å². The first-order valence-corrected chi connectivity index (χ1v) is 10.6. The fraction of sp³-hybridized carbons (Fsp3) is 0.467. The first kappa shape index (κ1) is 18.5. The molecule has 0 bridgehead atoms. The molecule has 1 aromatic carbocycles. The fourth-order valence-electron chi connectivity index (χ4n) is 2.92. The van der Waals surface area contributed by atoms with Crippen molar-refractivity contribution in [1.82, 2.24) is 6.15 Å². The topological polar surface area (TPSA) is 108 Å². The van der Waals surface area contributed by atoms with E-state index in [9.17, 15) is 9.90 Å². The van der Waals surface area contributed by atoms with Gasteiger partial charge in [-0.2, -0.15) is 5.26 Å². The standard InChI is InChI=1S/C15H19ClN2O2Si.H3N/c1-21(2,14(20)9-17)10-15(6-3-7-15)18-11-4-5-13(19)12(16)8-11;/h4-5,8,18-19H,3,6-7,10H2,1-2H3;1H3. The molecule has 0 atom stereocenters. The molecule has 0 spiro atoms. The van der Waals surface area contributed by atoms with Gasteiger partial charge in [0, 0.05) is 11.2 Å². The third-order valence-electron chi connectivity index (χ3n) is 4.16. The zero-order valence-electron chi connectivity index (χ0n) is 12.9. The molecule has 5 nitrogen and oxygen atoms in total. The average molecular weight is 340 g/mol. The highest BCUT2D eigenvalue weighted by Crippen LogP contribution is 2.42. The summed E-state index contributed by atoms with van der Waals surface area (Å²) in [6, 6.07) is 7.57. The van der Waals surface area contributed by atoms with E-state index in [2.05, 4.69) is 5.32 Å².